The number of rotatable bonds is 3. The van der Waals surface area contributed by atoms with Crippen molar-refractivity contribution in [3.63, 3.8) is 0 Å². The molecule has 2 heteroatoms. The molecule has 1 atom stereocenters. The second-order valence-electron chi connectivity index (χ2n) is 5.61. The first-order valence-corrected chi connectivity index (χ1v) is 6.13. The third kappa shape index (κ3) is 3.41. The molecule has 0 bridgehead atoms. The van der Waals surface area contributed by atoms with Crippen LogP contribution in [0.25, 0.3) is 0 Å². The molecule has 1 unspecified atom stereocenters. The number of aromatic hydroxyl groups is 1. The van der Waals surface area contributed by atoms with Gasteiger partial charge in [-0.05, 0) is 36.0 Å². The number of alkyl halides is 1. The third-order valence-electron chi connectivity index (χ3n) is 2.73. The third-order valence-corrected chi connectivity index (χ3v) is 3.35. The summed E-state index contributed by atoms with van der Waals surface area (Å²) in [6, 6.07) is 7.28. The van der Waals surface area contributed by atoms with Crippen LogP contribution in [0, 0.1) is 5.41 Å². The van der Waals surface area contributed by atoms with E-state index in [1.807, 2.05) is 12.1 Å². The van der Waals surface area contributed by atoms with Crippen molar-refractivity contribution in [3.05, 3.63) is 29.8 Å². The summed E-state index contributed by atoms with van der Waals surface area (Å²) in [5.74, 6) is 0.282. The Hall–Kier alpha value is -0.690. The maximum Gasteiger partial charge on any atom is 0.115 e. The highest BCUT2D eigenvalue weighted by Gasteiger charge is 2.32. The van der Waals surface area contributed by atoms with Crippen molar-refractivity contribution >= 4 is 11.6 Å². The number of hydrogen-bond donors (Lipinski definition) is 1. The normalized spacial score (nSPS) is 15.8. The molecule has 0 aromatic heterocycles. The molecule has 1 aromatic carbocycles. The molecule has 16 heavy (non-hydrogen) atoms. The van der Waals surface area contributed by atoms with Crippen molar-refractivity contribution in [1.29, 1.82) is 0 Å². The van der Waals surface area contributed by atoms with Crippen LogP contribution in [0.1, 0.15) is 46.1 Å². The second-order valence-corrected chi connectivity index (χ2v) is 6.33. The highest BCUT2D eigenvalue weighted by Crippen LogP contribution is 2.43. The van der Waals surface area contributed by atoms with Gasteiger partial charge in [-0.3, -0.25) is 0 Å². The smallest absolute Gasteiger partial charge is 0.115 e. The van der Waals surface area contributed by atoms with Gasteiger partial charge in [-0.2, -0.15) is 0 Å². The maximum absolute atomic E-state index is 9.51. The minimum Gasteiger partial charge on any atom is -0.508 e. The molecule has 0 fully saturated rings. The van der Waals surface area contributed by atoms with Gasteiger partial charge < -0.3 is 5.11 Å². The van der Waals surface area contributed by atoms with Crippen LogP contribution in [0.2, 0.25) is 0 Å². The number of phenolic OH excluding ortho intramolecular Hbond substituents is 1. The van der Waals surface area contributed by atoms with E-state index in [1.165, 1.54) is 0 Å². The topological polar surface area (TPSA) is 20.2 Å². The molecule has 0 saturated heterocycles. The van der Waals surface area contributed by atoms with E-state index in [9.17, 15) is 5.11 Å². The Bertz CT molecular complexity index is 354. The predicted molar refractivity (Wildman–Crippen MR) is 70.0 cm³/mol. The molecule has 0 saturated carbocycles. The van der Waals surface area contributed by atoms with E-state index in [1.54, 1.807) is 12.1 Å². The van der Waals surface area contributed by atoms with Crippen LogP contribution in [-0.4, -0.2) is 5.11 Å². The largest absolute Gasteiger partial charge is 0.508 e. The van der Waals surface area contributed by atoms with E-state index >= 15 is 0 Å². The fourth-order valence-electron chi connectivity index (χ4n) is 2.06. The summed E-state index contributed by atoms with van der Waals surface area (Å²) < 4.78 is 0. The lowest BCUT2D eigenvalue weighted by molar-refractivity contribution is 0.310. The number of benzene rings is 1. The Balaban J connectivity index is 3.05. The molecule has 0 heterocycles. The maximum atomic E-state index is 9.51. The van der Waals surface area contributed by atoms with Crippen molar-refractivity contribution in [2.24, 2.45) is 5.41 Å². The Morgan fingerprint density at radius 2 is 1.88 bits per heavy atom. The quantitative estimate of drug-likeness (QED) is 0.761. The number of phenols is 1. The van der Waals surface area contributed by atoms with Gasteiger partial charge in [0.2, 0.25) is 0 Å². The standard InChI is InChI=1S/C14H21ClO/c1-5-14(15,10-13(2,3)4)11-7-6-8-12(16)9-11/h6-9,16H,5,10H2,1-4H3. The predicted octanol–water partition coefficient (Wildman–Crippen LogP) is 4.67. The first-order chi connectivity index (χ1) is 7.27. The van der Waals surface area contributed by atoms with Gasteiger partial charge in [0.05, 0.1) is 4.87 Å². The molecule has 1 aromatic rings. The lowest BCUT2D eigenvalue weighted by atomic mass is 9.79. The van der Waals surface area contributed by atoms with Crippen molar-refractivity contribution in [3.8, 4) is 5.75 Å². The van der Waals surface area contributed by atoms with Crippen molar-refractivity contribution in [1.82, 2.24) is 0 Å². The van der Waals surface area contributed by atoms with E-state index in [2.05, 4.69) is 27.7 Å². The molecular formula is C14H21ClO. The summed E-state index contributed by atoms with van der Waals surface area (Å²) in [6.07, 6.45) is 1.75. The van der Waals surface area contributed by atoms with Gasteiger partial charge in [0.15, 0.2) is 0 Å². The first-order valence-electron chi connectivity index (χ1n) is 5.75. The SMILES string of the molecule is CCC(Cl)(CC(C)(C)C)c1cccc(O)c1. The summed E-state index contributed by atoms with van der Waals surface area (Å²) in [5, 5.41) is 9.51. The highest BCUT2D eigenvalue weighted by molar-refractivity contribution is 6.24. The molecule has 0 spiro atoms. The van der Waals surface area contributed by atoms with E-state index in [0.29, 0.717) is 0 Å². The fraction of sp³-hybridized carbons (Fsp3) is 0.571. The summed E-state index contributed by atoms with van der Waals surface area (Å²) in [4.78, 5) is -0.378. The second kappa shape index (κ2) is 4.67. The van der Waals surface area contributed by atoms with Crippen LogP contribution in [0.4, 0.5) is 0 Å². The van der Waals surface area contributed by atoms with Gasteiger partial charge in [0.25, 0.3) is 0 Å². The summed E-state index contributed by atoms with van der Waals surface area (Å²) >= 11 is 6.69. The molecule has 1 N–H and O–H groups in total. The molecule has 0 amide bonds. The highest BCUT2D eigenvalue weighted by atomic mass is 35.5. The van der Waals surface area contributed by atoms with E-state index < -0.39 is 0 Å². The summed E-state index contributed by atoms with van der Waals surface area (Å²) in [6.45, 7) is 8.64. The molecule has 1 rings (SSSR count). The zero-order valence-electron chi connectivity index (χ0n) is 10.5. The molecule has 0 aliphatic carbocycles. The Kier molecular flexibility index (Phi) is 3.90. The van der Waals surface area contributed by atoms with Crippen molar-refractivity contribution in [2.45, 2.75) is 45.4 Å². The Morgan fingerprint density at radius 1 is 1.25 bits per heavy atom. The molecule has 0 aliphatic rings. The Labute approximate surface area is 103 Å². The lowest BCUT2D eigenvalue weighted by Gasteiger charge is -2.33. The van der Waals surface area contributed by atoms with Crippen molar-refractivity contribution < 1.29 is 5.11 Å². The minimum absolute atomic E-state index is 0.170. The first kappa shape index (κ1) is 13.4. The summed E-state index contributed by atoms with van der Waals surface area (Å²) in [7, 11) is 0. The van der Waals surface area contributed by atoms with Gasteiger partial charge in [-0.15, -0.1) is 11.6 Å². The Morgan fingerprint density at radius 3 is 2.31 bits per heavy atom. The van der Waals surface area contributed by atoms with Crippen LogP contribution in [-0.2, 0) is 4.87 Å². The average Bonchev–Trinajstić information content (AvgIpc) is 2.15. The number of halogens is 1. The molecule has 1 nitrogen and oxygen atoms in total. The van der Waals surface area contributed by atoms with Crippen LogP contribution in [0.3, 0.4) is 0 Å². The molecule has 90 valence electrons. The van der Waals surface area contributed by atoms with Gasteiger partial charge in [0, 0.05) is 0 Å². The van der Waals surface area contributed by atoms with Gasteiger partial charge in [-0.25, -0.2) is 0 Å². The lowest BCUT2D eigenvalue weighted by Crippen LogP contribution is -2.25. The van der Waals surface area contributed by atoms with E-state index in [0.717, 1.165) is 18.4 Å². The fourth-order valence-corrected chi connectivity index (χ4v) is 2.57. The monoisotopic (exact) mass is 240 g/mol. The number of hydrogen-bond acceptors (Lipinski definition) is 1. The minimum atomic E-state index is -0.378. The van der Waals surface area contributed by atoms with E-state index in [4.69, 9.17) is 11.6 Å². The van der Waals surface area contributed by atoms with Crippen LogP contribution >= 0.6 is 11.6 Å². The molecular weight excluding hydrogens is 220 g/mol. The van der Waals surface area contributed by atoms with Crippen LogP contribution in [0.5, 0.6) is 5.75 Å². The van der Waals surface area contributed by atoms with Gasteiger partial charge >= 0.3 is 0 Å². The van der Waals surface area contributed by atoms with Gasteiger partial charge in [-0.1, -0.05) is 39.8 Å². The molecule has 0 radical (unpaired) electrons. The molecule has 0 aliphatic heterocycles. The summed E-state index contributed by atoms with van der Waals surface area (Å²) in [5.41, 5.74) is 1.18. The van der Waals surface area contributed by atoms with Crippen LogP contribution in [0.15, 0.2) is 24.3 Å². The van der Waals surface area contributed by atoms with Crippen LogP contribution < -0.4 is 0 Å². The van der Waals surface area contributed by atoms with E-state index in [-0.39, 0.29) is 16.0 Å². The van der Waals surface area contributed by atoms with Gasteiger partial charge in [0.1, 0.15) is 5.75 Å². The zero-order chi connectivity index (χ0) is 12.4. The zero-order valence-corrected chi connectivity index (χ0v) is 11.3. The van der Waals surface area contributed by atoms with Crippen molar-refractivity contribution in [2.75, 3.05) is 0 Å². The average molecular weight is 241 g/mol.